The van der Waals surface area contributed by atoms with Crippen molar-refractivity contribution in [3.8, 4) is 0 Å². The Labute approximate surface area is 85.9 Å². The molecule has 1 aromatic rings. The first kappa shape index (κ1) is 10.8. The summed E-state index contributed by atoms with van der Waals surface area (Å²) in [5, 5.41) is 1.28. The fourth-order valence-electron chi connectivity index (χ4n) is 1.41. The van der Waals surface area contributed by atoms with E-state index in [2.05, 4.69) is 31.0 Å². The summed E-state index contributed by atoms with van der Waals surface area (Å²) < 4.78 is 0. The molecule has 0 saturated heterocycles. The molecule has 1 rings (SSSR count). The molecule has 0 amide bonds. The van der Waals surface area contributed by atoms with Gasteiger partial charge in [0, 0.05) is 0 Å². The van der Waals surface area contributed by atoms with Crippen molar-refractivity contribution >= 4 is 23.8 Å². The van der Waals surface area contributed by atoms with Crippen LogP contribution < -0.4 is 10.2 Å². The summed E-state index contributed by atoms with van der Waals surface area (Å²) in [6.45, 7) is 5.19. The number of halogens is 1. The molecule has 3 heteroatoms. The molecule has 0 saturated carbocycles. The summed E-state index contributed by atoms with van der Waals surface area (Å²) in [4.78, 5) is 3.43. The van der Waals surface area contributed by atoms with Crippen LogP contribution in [-0.4, -0.2) is 14.1 Å². The maximum Gasteiger partial charge on any atom is 0.257 e. The minimum atomic E-state index is -1.88. The van der Waals surface area contributed by atoms with E-state index in [1.54, 1.807) is 0 Å². The minimum Gasteiger partial charge on any atom is -0.322 e. The van der Waals surface area contributed by atoms with Gasteiger partial charge in [-0.2, -0.15) is 0 Å². The van der Waals surface area contributed by atoms with Crippen LogP contribution in [0.2, 0.25) is 6.04 Å². The second kappa shape index (κ2) is 4.79. The molecule has 0 bridgehead atoms. The molecule has 0 fully saturated rings. The zero-order valence-corrected chi connectivity index (χ0v) is 9.93. The smallest absolute Gasteiger partial charge is 0.257 e. The molecule has 0 aliphatic rings. The quantitative estimate of drug-likeness (QED) is 0.598. The maximum absolute atomic E-state index is 6.58. The Morgan fingerprint density at radius 3 is 2.31 bits per heavy atom. The summed E-state index contributed by atoms with van der Waals surface area (Å²) in [5.41, 5.74) is 0. The average molecular weight is 214 g/mol. The lowest BCUT2D eigenvalue weighted by atomic mass is 10.4. The summed E-state index contributed by atoms with van der Waals surface area (Å²) >= 11 is 6.58. The first-order chi connectivity index (χ1) is 6.23. The molecule has 72 valence electrons. The number of benzene rings is 1. The molecule has 13 heavy (non-hydrogen) atoms. The van der Waals surface area contributed by atoms with Crippen LogP contribution in [0.4, 0.5) is 0 Å². The van der Waals surface area contributed by atoms with E-state index < -0.39 is 7.55 Å². The summed E-state index contributed by atoms with van der Waals surface area (Å²) in [6.07, 6.45) is 0. The van der Waals surface area contributed by atoms with Gasteiger partial charge in [-0.05, 0) is 17.8 Å². The standard InChI is InChI=1S/C10H16ClNSi/c1-3-12-13(11,4-2)10-8-6-5-7-9-10/h5-9,12H,3-4H2,1-2H3. The van der Waals surface area contributed by atoms with Crippen molar-refractivity contribution in [2.45, 2.75) is 19.9 Å². The van der Waals surface area contributed by atoms with Crippen LogP contribution in [0, 0.1) is 0 Å². The van der Waals surface area contributed by atoms with E-state index in [9.17, 15) is 0 Å². The van der Waals surface area contributed by atoms with Gasteiger partial charge < -0.3 is 4.98 Å². The number of rotatable bonds is 4. The van der Waals surface area contributed by atoms with Crippen LogP contribution in [0.25, 0.3) is 0 Å². The Morgan fingerprint density at radius 2 is 1.85 bits per heavy atom. The highest BCUT2D eigenvalue weighted by Crippen LogP contribution is 2.10. The molecule has 1 atom stereocenters. The van der Waals surface area contributed by atoms with Gasteiger partial charge in [0.2, 0.25) is 0 Å². The Morgan fingerprint density at radius 1 is 1.23 bits per heavy atom. The molecule has 0 aliphatic heterocycles. The molecule has 1 nitrogen and oxygen atoms in total. The predicted molar refractivity (Wildman–Crippen MR) is 61.8 cm³/mol. The van der Waals surface area contributed by atoms with Gasteiger partial charge in [0.1, 0.15) is 0 Å². The highest BCUT2D eigenvalue weighted by Gasteiger charge is 2.29. The van der Waals surface area contributed by atoms with Crippen LogP contribution in [0.5, 0.6) is 0 Å². The molecule has 0 aliphatic carbocycles. The van der Waals surface area contributed by atoms with E-state index in [1.807, 2.05) is 18.2 Å². The van der Waals surface area contributed by atoms with Gasteiger partial charge in [0.25, 0.3) is 7.55 Å². The van der Waals surface area contributed by atoms with Gasteiger partial charge in [-0.1, -0.05) is 44.2 Å². The third-order valence-corrected chi connectivity index (χ3v) is 7.17. The Bertz CT molecular complexity index is 252. The van der Waals surface area contributed by atoms with Crippen LogP contribution >= 0.6 is 11.1 Å². The SMILES string of the molecule is CCN[Si](Cl)(CC)c1ccccc1. The van der Waals surface area contributed by atoms with Crippen molar-refractivity contribution < 1.29 is 0 Å². The Kier molecular flexibility index (Phi) is 3.97. The number of nitrogens with one attached hydrogen (secondary N) is 1. The first-order valence-corrected chi connectivity index (χ1v) is 7.94. The average Bonchev–Trinajstić information content (AvgIpc) is 2.19. The fourth-order valence-corrected chi connectivity index (χ4v) is 4.34. The fraction of sp³-hybridized carbons (Fsp3) is 0.400. The van der Waals surface area contributed by atoms with Crippen molar-refractivity contribution in [1.82, 2.24) is 4.98 Å². The second-order valence-electron chi connectivity index (χ2n) is 3.05. The van der Waals surface area contributed by atoms with Crippen molar-refractivity contribution in [3.63, 3.8) is 0 Å². The molecule has 0 spiro atoms. The minimum absolute atomic E-state index is 0.943. The number of hydrogen-bond donors (Lipinski definition) is 1. The molecule has 0 aromatic heterocycles. The van der Waals surface area contributed by atoms with Crippen molar-refractivity contribution in [2.75, 3.05) is 6.54 Å². The van der Waals surface area contributed by atoms with Crippen LogP contribution in [0.1, 0.15) is 13.8 Å². The van der Waals surface area contributed by atoms with Crippen molar-refractivity contribution in [3.05, 3.63) is 30.3 Å². The zero-order chi connectivity index (χ0) is 9.73. The van der Waals surface area contributed by atoms with Gasteiger partial charge in [0.05, 0.1) is 0 Å². The van der Waals surface area contributed by atoms with Gasteiger partial charge >= 0.3 is 0 Å². The van der Waals surface area contributed by atoms with Gasteiger partial charge in [-0.15, -0.1) is 11.1 Å². The first-order valence-electron chi connectivity index (χ1n) is 4.72. The molecule has 1 N–H and O–H groups in total. The Balaban J connectivity index is 2.89. The van der Waals surface area contributed by atoms with E-state index in [4.69, 9.17) is 11.1 Å². The molecule has 0 heterocycles. The van der Waals surface area contributed by atoms with E-state index in [0.29, 0.717) is 0 Å². The van der Waals surface area contributed by atoms with Crippen LogP contribution in [0.15, 0.2) is 30.3 Å². The van der Waals surface area contributed by atoms with E-state index in [0.717, 1.165) is 12.6 Å². The maximum atomic E-state index is 6.58. The summed E-state index contributed by atoms with van der Waals surface area (Å²) in [6, 6.07) is 11.4. The van der Waals surface area contributed by atoms with Gasteiger partial charge in [-0.3, -0.25) is 0 Å². The molecule has 1 unspecified atom stereocenters. The summed E-state index contributed by atoms with van der Waals surface area (Å²) in [5.74, 6) is 0. The lowest BCUT2D eigenvalue weighted by Crippen LogP contribution is -2.55. The van der Waals surface area contributed by atoms with Gasteiger partial charge in [-0.25, -0.2) is 0 Å². The van der Waals surface area contributed by atoms with Crippen LogP contribution in [0.3, 0.4) is 0 Å². The summed E-state index contributed by atoms with van der Waals surface area (Å²) in [7, 11) is -1.88. The highest BCUT2D eigenvalue weighted by atomic mass is 35.6. The lowest BCUT2D eigenvalue weighted by molar-refractivity contribution is 0.975. The van der Waals surface area contributed by atoms with E-state index >= 15 is 0 Å². The van der Waals surface area contributed by atoms with Crippen LogP contribution in [-0.2, 0) is 0 Å². The largest absolute Gasteiger partial charge is 0.322 e. The normalized spacial score (nSPS) is 15.3. The highest BCUT2D eigenvalue weighted by molar-refractivity contribution is 7.26. The van der Waals surface area contributed by atoms with Gasteiger partial charge in [0.15, 0.2) is 0 Å². The lowest BCUT2D eigenvalue weighted by Gasteiger charge is -2.23. The third-order valence-electron chi connectivity index (χ3n) is 2.18. The predicted octanol–water partition coefficient (Wildman–Crippen LogP) is 2.20. The topological polar surface area (TPSA) is 12.0 Å². The van der Waals surface area contributed by atoms with E-state index in [1.165, 1.54) is 5.19 Å². The molecular weight excluding hydrogens is 198 g/mol. The monoisotopic (exact) mass is 213 g/mol. The molecular formula is C10H16ClNSi. The Hall–Kier alpha value is -0.313. The molecule has 1 aromatic carbocycles. The van der Waals surface area contributed by atoms with Crippen molar-refractivity contribution in [2.24, 2.45) is 0 Å². The molecule has 0 radical (unpaired) electrons. The number of hydrogen-bond acceptors (Lipinski definition) is 1. The third kappa shape index (κ3) is 2.56. The second-order valence-corrected chi connectivity index (χ2v) is 8.23. The van der Waals surface area contributed by atoms with Crippen molar-refractivity contribution in [1.29, 1.82) is 0 Å². The zero-order valence-electron chi connectivity index (χ0n) is 8.18. The van der Waals surface area contributed by atoms with E-state index in [-0.39, 0.29) is 0 Å².